The second kappa shape index (κ2) is 8.00. The Morgan fingerprint density at radius 3 is 2.80 bits per heavy atom. The molecule has 10 heteroatoms. The Labute approximate surface area is 171 Å². The standard InChI is InChI=1S/C20H22F3N5O2/c21-20(22,23)14-6-1-2-7-15(14)25-19(30)27-9-3-5-13(12-27)16-11-17-18(29)24-8-4-10-28(17)26-16/h1-2,6-7,11,13H,3-5,8-10,12H2,(H,24,29)(H,25,30). The number of nitrogens with zero attached hydrogens (tertiary/aromatic N) is 3. The lowest BCUT2D eigenvalue weighted by atomic mass is 9.95. The van der Waals surface area contributed by atoms with E-state index in [-0.39, 0.29) is 17.5 Å². The number of likely N-dealkylation sites (tertiary alicyclic amines) is 1. The molecule has 1 fully saturated rings. The van der Waals surface area contributed by atoms with Crippen molar-refractivity contribution in [3.63, 3.8) is 0 Å². The minimum absolute atomic E-state index is 0.0745. The zero-order valence-corrected chi connectivity index (χ0v) is 16.2. The maximum Gasteiger partial charge on any atom is 0.418 e. The topological polar surface area (TPSA) is 79.3 Å². The largest absolute Gasteiger partial charge is 0.418 e. The van der Waals surface area contributed by atoms with Crippen molar-refractivity contribution >= 4 is 17.6 Å². The number of amides is 3. The number of nitrogens with one attached hydrogen (secondary N) is 2. The lowest BCUT2D eigenvalue weighted by Gasteiger charge is -2.32. The van der Waals surface area contributed by atoms with Crippen molar-refractivity contribution in [3.8, 4) is 0 Å². The Kier molecular flexibility index (Phi) is 5.40. The van der Waals surface area contributed by atoms with Gasteiger partial charge in [-0.15, -0.1) is 0 Å². The molecule has 2 aromatic rings. The molecule has 0 aliphatic carbocycles. The summed E-state index contributed by atoms with van der Waals surface area (Å²) < 4.78 is 41.3. The van der Waals surface area contributed by atoms with Gasteiger partial charge >= 0.3 is 12.2 Å². The van der Waals surface area contributed by atoms with E-state index in [0.29, 0.717) is 38.3 Å². The summed E-state index contributed by atoms with van der Waals surface area (Å²) in [6, 6.07) is 6.10. The van der Waals surface area contributed by atoms with E-state index in [1.54, 1.807) is 10.7 Å². The van der Waals surface area contributed by atoms with Crippen molar-refractivity contribution < 1.29 is 22.8 Å². The fourth-order valence-corrected chi connectivity index (χ4v) is 3.95. The molecule has 1 unspecified atom stereocenters. The number of piperidine rings is 1. The Hall–Kier alpha value is -3.04. The minimum Gasteiger partial charge on any atom is -0.351 e. The van der Waals surface area contributed by atoms with Crippen LogP contribution >= 0.6 is 0 Å². The average Bonchev–Trinajstić information content (AvgIpc) is 3.07. The first-order valence-corrected chi connectivity index (χ1v) is 9.91. The number of urea groups is 1. The number of halogens is 3. The molecule has 2 aliphatic rings. The summed E-state index contributed by atoms with van der Waals surface area (Å²) in [6.45, 7) is 2.02. The number of benzene rings is 1. The summed E-state index contributed by atoms with van der Waals surface area (Å²) >= 11 is 0. The quantitative estimate of drug-likeness (QED) is 0.780. The number of hydrogen-bond acceptors (Lipinski definition) is 3. The van der Waals surface area contributed by atoms with Gasteiger partial charge in [0.15, 0.2) is 0 Å². The third-order valence-electron chi connectivity index (χ3n) is 5.46. The molecule has 1 aromatic heterocycles. The van der Waals surface area contributed by atoms with Gasteiger partial charge < -0.3 is 15.5 Å². The number of aryl methyl sites for hydroxylation is 1. The lowest BCUT2D eigenvalue weighted by Crippen LogP contribution is -2.42. The van der Waals surface area contributed by atoms with Gasteiger partial charge in [0.25, 0.3) is 5.91 Å². The van der Waals surface area contributed by atoms with E-state index in [2.05, 4.69) is 15.7 Å². The molecule has 4 rings (SSSR count). The third-order valence-corrected chi connectivity index (χ3v) is 5.46. The number of aromatic nitrogens is 2. The molecule has 3 amide bonds. The van der Waals surface area contributed by atoms with Crippen molar-refractivity contribution in [2.24, 2.45) is 0 Å². The van der Waals surface area contributed by atoms with E-state index in [4.69, 9.17) is 0 Å². The second-order valence-electron chi connectivity index (χ2n) is 7.55. The minimum atomic E-state index is -4.55. The van der Waals surface area contributed by atoms with Crippen LogP contribution in [-0.2, 0) is 12.7 Å². The van der Waals surface area contributed by atoms with Crippen LogP contribution in [0.3, 0.4) is 0 Å². The Balaban J connectivity index is 1.48. The number of alkyl halides is 3. The first kappa shape index (κ1) is 20.2. The number of hydrogen-bond donors (Lipinski definition) is 2. The van der Waals surface area contributed by atoms with Gasteiger partial charge in [-0.3, -0.25) is 9.48 Å². The molecule has 2 aliphatic heterocycles. The molecular weight excluding hydrogens is 399 g/mol. The number of carbonyl (C=O) groups is 2. The molecule has 0 bridgehead atoms. The van der Waals surface area contributed by atoms with Crippen molar-refractivity contribution in [1.29, 1.82) is 0 Å². The Bertz CT molecular complexity index is 956. The van der Waals surface area contributed by atoms with Gasteiger partial charge in [0, 0.05) is 32.1 Å². The highest BCUT2D eigenvalue weighted by Gasteiger charge is 2.34. The van der Waals surface area contributed by atoms with Crippen LogP contribution in [-0.4, -0.2) is 46.3 Å². The molecule has 2 N–H and O–H groups in total. The van der Waals surface area contributed by atoms with E-state index < -0.39 is 17.8 Å². The lowest BCUT2D eigenvalue weighted by molar-refractivity contribution is -0.136. The van der Waals surface area contributed by atoms with Crippen LogP contribution in [0, 0.1) is 0 Å². The first-order chi connectivity index (χ1) is 14.3. The molecular formula is C20H22F3N5O2. The van der Waals surface area contributed by atoms with Crippen molar-refractivity contribution in [2.75, 3.05) is 25.0 Å². The van der Waals surface area contributed by atoms with Gasteiger partial charge in [-0.05, 0) is 37.5 Å². The molecule has 0 radical (unpaired) electrons. The molecule has 7 nitrogen and oxygen atoms in total. The first-order valence-electron chi connectivity index (χ1n) is 9.91. The Morgan fingerprint density at radius 2 is 2.00 bits per heavy atom. The number of para-hydroxylation sites is 1. The highest BCUT2D eigenvalue weighted by Crippen LogP contribution is 2.35. The number of fused-ring (bicyclic) bond motifs is 1. The van der Waals surface area contributed by atoms with E-state index in [0.717, 1.165) is 24.6 Å². The highest BCUT2D eigenvalue weighted by molar-refractivity contribution is 5.93. The van der Waals surface area contributed by atoms with E-state index in [9.17, 15) is 22.8 Å². The highest BCUT2D eigenvalue weighted by atomic mass is 19.4. The summed E-state index contributed by atoms with van der Waals surface area (Å²) in [7, 11) is 0. The van der Waals surface area contributed by atoms with E-state index >= 15 is 0 Å². The zero-order chi connectivity index (χ0) is 21.3. The fourth-order valence-electron chi connectivity index (χ4n) is 3.95. The van der Waals surface area contributed by atoms with Crippen molar-refractivity contribution in [1.82, 2.24) is 20.0 Å². The van der Waals surface area contributed by atoms with E-state index in [1.165, 1.54) is 23.1 Å². The van der Waals surface area contributed by atoms with Crippen LogP contribution in [0.25, 0.3) is 0 Å². The monoisotopic (exact) mass is 421 g/mol. The third kappa shape index (κ3) is 4.12. The molecule has 3 heterocycles. The molecule has 0 saturated carbocycles. The molecule has 0 spiro atoms. The summed E-state index contributed by atoms with van der Waals surface area (Å²) in [5.41, 5.74) is 0.0942. The van der Waals surface area contributed by atoms with Crippen LogP contribution in [0.15, 0.2) is 30.3 Å². The van der Waals surface area contributed by atoms with Crippen molar-refractivity contribution in [2.45, 2.75) is 37.9 Å². The predicted molar refractivity (Wildman–Crippen MR) is 103 cm³/mol. The number of carbonyl (C=O) groups excluding carboxylic acids is 2. The van der Waals surface area contributed by atoms with Gasteiger partial charge in [0.2, 0.25) is 0 Å². The smallest absolute Gasteiger partial charge is 0.351 e. The summed E-state index contributed by atoms with van der Waals surface area (Å²) in [5, 5.41) is 9.78. The molecule has 160 valence electrons. The molecule has 1 aromatic carbocycles. The maximum absolute atomic E-state index is 13.2. The van der Waals surface area contributed by atoms with Gasteiger partial charge in [0.1, 0.15) is 5.69 Å². The van der Waals surface area contributed by atoms with Crippen LogP contribution < -0.4 is 10.6 Å². The SMILES string of the molecule is O=C1NCCCn2nc(C3CCCN(C(=O)Nc4ccccc4C(F)(F)F)C3)cc21. The van der Waals surface area contributed by atoms with Crippen LogP contribution in [0.4, 0.5) is 23.7 Å². The summed E-state index contributed by atoms with van der Waals surface area (Å²) in [4.78, 5) is 26.3. The van der Waals surface area contributed by atoms with Crippen LogP contribution in [0.2, 0.25) is 0 Å². The molecule has 30 heavy (non-hydrogen) atoms. The molecule has 1 atom stereocenters. The van der Waals surface area contributed by atoms with Gasteiger partial charge in [-0.1, -0.05) is 12.1 Å². The zero-order valence-electron chi connectivity index (χ0n) is 16.2. The number of anilines is 1. The maximum atomic E-state index is 13.2. The second-order valence-corrected chi connectivity index (χ2v) is 7.55. The Morgan fingerprint density at radius 1 is 1.20 bits per heavy atom. The fraction of sp³-hybridized carbons (Fsp3) is 0.450. The van der Waals surface area contributed by atoms with Crippen LogP contribution in [0.1, 0.15) is 46.9 Å². The van der Waals surface area contributed by atoms with Gasteiger partial charge in [-0.2, -0.15) is 18.3 Å². The molecule has 1 saturated heterocycles. The number of rotatable bonds is 2. The average molecular weight is 421 g/mol. The van der Waals surface area contributed by atoms with Crippen LogP contribution in [0.5, 0.6) is 0 Å². The van der Waals surface area contributed by atoms with Gasteiger partial charge in [-0.25, -0.2) is 4.79 Å². The van der Waals surface area contributed by atoms with E-state index in [1.807, 2.05) is 0 Å². The normalized spacial score (nSPS) is 19.6. The predicted octanol–water partition coefficient (Wildman–Crippen LogP) is 3.45. The summed E-state index contributed by atoms with van der Waals surface area (Å²) in [6.07, 6.45) is -2.27. The summed E-state index contributed by atoms with van der Waals surface area (Å²) in [5.74, 6) is -0.241. The van der Waals surface area contributed by atoms with Gasteiger partial charge in [0.05, 0.1) is 16.9 Å². The van der Waals surface area contributed by atoms with Crippen molar-refractivity contribution in [3.05, 3.63) is 47.3 Å².